The fourth-order valence-electron chi connectivity index (χ4n) is 2.49. The third kappa shape index (κ3) is 4.68. The van der Waals surface area contributed by atoms with Crippen LogP contribution in [0.2, 0.25) is 0 Å². The third-order valence-electron chi connectivity index (χ3n) is 3.92. The highest BCUT2D eigenvalue weighted by Gasteiger charge is 2.12. The fourth-order valence-corrected chi connectivity index (χ4v) is 2.49. The molecule has 0 aliphatic rings. The van der Waals surface area contributed by atoms with Crippen LogP contribution >= 0.6 is 0 Å². The van der Waals surface area contributed by atoms with Gasteiger partial charge < -0.3 is 4.74 Å². The van der Waals surface area contributed by atoms with Gasteiger partial charge in [0.2, 0.25) is 5.88 Å². The maximum absolute atomic E-state index is 13.8. The largest absolute Gasteiger partial charge is 0.478 e. The normalized spacial score (nSPS) is 11.5. The van der Waals surface area contributed by atoms with E-state index in [4.69, 9.17) is 4.74 Å². The molecular formula is C21H19F2N3O2. The highest BCUT2D eigenvalue weighted by molar-refractivity contribution is 5.95. The second-order valence-electron chi connectivity index (χ2n) is 6.04. The Morgan fingerprint density at radius 3 is 2.68 bits per heavy atom. The number of amides is 1. The quantitative estimate of drug-likeness (QED) is 0.603. The zero-order valence-corrected chi connectivity index (χ0v) is 15.3. The smallest absolute Gasteiger partial charge is 0.280 e. The molecule has 3 rings (SSSR count). The van der Waals surface area contributed by atoms with Crippen LogP contribution in [0.15, 0.2) is 65.8 Å². The lowest BCUT2D eigenvalue weighted by Crippen LogP contribution is -2.16. The van der Waals surface area contributed by atoms with Crippen molar-refractivity contribution >= 4 is 5.91 Å². The van der Waals surface area contributed by atoms with Gasteiger partial charge in [0, 0.05) is 6.07 Å². The van der Waals surface area contributed by atoms with E-state index in [0.29, 0.717) is 12.5 Å². The summed E-state index contributed by atoms with van der Waals surface area (Å²) >= 11 is 0. The van der Waals surface area contributed by atoms with Gasteiger partial charge in [0.15, 0.2) is 0 Å². The minimum absolute atomic E-state index is 0.187. The Morgan fingerprint density at radius 2 is 1.93 bits per heavy atom. The van der Waals surface area contributed by atoms with E-state index in [1.54, 1.807) is 10.7 Å². The molecule has 0 unspecified atom stereocenters. The summed E-state index contributed by atoms with van der Waals surface area (Å²) in [5.41, 5.74) is 0.344. The first-order chi connectivity index (χ1) is 13.6. The van der Waals surface area contributed by atoms with E-state index in [1.165, 1.54) is 6.20 Å². The summed E-state index contributed by atoms with van der Waals surface area (Å²) in [4.78, 5) is 16.1. The van der Waals surface area contributed by atoms with Gasteiger partial charge in [0.05, 0.1) is 29.4 Å². The number of aromatic nitrogens is 2. The summed E-state index contributed by atoms with van der Waals surface area (Å²) in [6.45, 7) is 2.52. The number of halogens is 2. The molecular weight excluding hydrogens is 364 g/mol. The molecule has 1 amide bonds. The Balaban J connectivity index is 1.99. The van der Waals surface area contributed by atoms with Gasteiger partial charge in [-0.2, -0.15) is 5.10 Å². The Labute approximate surface area is 160 Å². The van der Waals surface area contributed by atoms with Gasteiger partial charge in [-0.1, -0.05) is 31.5 Å². The van der Waals surface area contributed by atoms with Crippen molar-refractivity contribution in [1.82, 2.24) is 9.78 Å². The van der Waals surface area contributed by atoms with Crippen LogP contribution in [0.1, 0.15) is 30.1 Å². The van der Waals surface area contributed by atoms with Crippen LogP contribution in [0.25, 0.3) is 5.69 Å². The van der Waals surface area contributed by atoms with Crippen LogP contribution < -0.4 is 10.1 Å². The maximum Gasteiger partial charge on any atom is 0.280 e. The average Bonchev–Trinajstić information content (AvgIpc) is 2.71. The number of rotatable bonds is 6. The molecule has 0 aliphatic carbocycles. The molecule has 0 radical (unpaired) electrons. The number of para-hydroxylation sites is 1. The predicted molar refractivity (Wildman–Crippen MR) is 100 cm³/mol. The Morgan fingerprint density at radius 1 is 1.14 bits per heavy atom. The van der Waals surface area contributed by atoms with Gasteiger partial charge in [0.1, 0.15) is 11.6 Å². The molecule has 0 spiro atoms. The zero-order valence-electron chi connectivity index (χ0n) is 15.3. The summed E-state index contributed by atoms with van der Waals surface area (Å²) in [6, 6.07) is 13.6. The Bertz CT molecular complexity index is 1030. The van der Waals surface area contributed by atoms with E-state index < -0.39 is 23.1 Å². The van der Waals surface area contributed by atoms with Crippen molar-refractivity contribution in [2.24, 2.45) is 4.99 Å². The van der Waals surface area contributed by atoms with Crippen molar-refractivity contribution in [3.8, 4) is 11.6 Å². The molecule has 1 aromatic heterocycles. The average molecular weight is 383 g/mol. The minimum Gasteiger partial charge on any atom is -0.478 e. The predicted octanol–water partition coefficient (Wildman–Crippen LogP) is 4.07. The zero-order chi connectivity index (χ0) is 19.9. The van der Waals surface area contributed by atoms with Gasteiger partial charge in [0.25, 0.3) is 5.91 Å². The summed E-state index contributed by atoms with van der Waals surface area (Å²) in [6.07, 6.45) is 3.18. The number of nitrogens with zero attached hydrogens (tertiary/aromatic N) is 3. The molecule has 0 aliphatic heterocycles. The molecule has 0 saturated heterocycles. The van der Waals surface area contributed by atoms with Crippen molar-refractivity contribution in [2.45, 2.75) is 19.8 Å². The topological polar surface area (TPSA) is 56.5 Å². The molecule has 0 bridgehead atoms. The van der Waals surface area contributed by atoms with E-state index in [-0.39, 0.29) is 5.36 Å². The van der Waals surface area contributed by atoms with Crippen LogP contribution in [-0.2, 0) is 0 Å². The first-order valence-electron chi connectivity index (χ1n) is 8.90. The molecule has 7 heteroatoms. The number of carbonyl (C=O) groups excluding carboxylic acids is 1. The van der Waals surface area contributed by atoms with Crippen molar-refractivity contribution in [1.29, 1.82) is 0 Å². The van der Waals surface area contributed by atoms with E-state index in [9.17, 15) is 13.6 Å². The van der Waals surface area contributed by atoms with Crippen LogP contribution in [0.3, 0.4) is 0 Å². The molecule has 1 heterocycles. The molecule has 0 N–H and O–H groups in total. The van der Waals surface area contributed by atoms with Gasteiger partial charge >= 0.3 is 0 Å². The van der Waals surface area contributed by atoms with Crippen LogP contribution in [0, 0.1) is 11.6 Å². The van der Waals surface area contributed by atoms with Crippen molar-refractivity contribution < 1.29 is 18.3 Å². The highest BCUT2D eigenvalue weighted by Crippen LogP contribution is 2.15. The lowest BCUT2D eigenvalue weighted by atomic mass is 10.2. The standard InChI is InChI=1S/C21H19F2N3O2/c1-2-3-11-28-20-13-16(14-24-26(20)17-7-5-4-6-8-17)25-21(27)18-12-15(22)9-10-19(18)23/h4-10,12-14H,2-3,11H2,1H3. The number of hydrogen-bond donors (Lipinski definition) is 0. The number of carbonyl (C=O) groups is 1. The van der Waals surface area contributed by atoms with Gasteiger partial charge in [-0.3, -0.25) is 4.79 Å². The van der Waals surface area contributed by atoms with Gasteiger partial charge in [-0.15, -0.1) is 0 Å². The second-order valence-corrected chi connectivity index (χ2v) is 6.04. The first-order valence-corrected chi connectivity index (χ1v) is 8.90. The van der Waals surface area contributed by atoms with E-state index in [0.717, 1.165) is 36.7 Å². The third-order valence-corrected chi connectivity index (χ3v) is 3.92. The summed E-state index contributed by atoms with van der Waals surface area (Å²) in [5, 5.41) is 4.48. The van der Waals surface area contributed by atoms with Crippen LogP contribution in [0.5, 0.6) is 5.88 Å². The van der Waals surface area contributed by atoms with E-state index >= 15 is 0 Å². The lowest BCUT2D eigenvalue weighted by molar-refractivity contribution is 0.0994. The molecule has 28 heavy (non-hydrogen) atoms. The second kappa shape index (κ2) is 9.03. The molecule has 5 nitrogen and oxygen atoms in total. The first kappa shape index (κ1) is 19.4. The van der Waals surface area contributed by atoms with Gasteiger partial charge in [-0.05, 0) is 36.8 Å². The molecule has 0 saturated carbocycles. The Kier molecular flexibility index (Phi) is 6.26. The van der Waals surface area contributed by atoms with Gasteiger partial charge in [-0.25, -0.2) is 18.5 Å². The van der Waals surface area contributed by atoms with Crippen LogP contribution in [-0.4, -0.2) is 22.3 Å². The molecule has 2 aromatic carbocycles. The molecule has 144 valence electrons. The summed E-state index contributed by atoms with van der Waals surface area (Å²) < 4.78 is 34.5. The van der Waals surface area contributed by atoms with Crippen molar-refractivity contribution in [2.75, 3.05) is 6.61 Å². The minimum atomic E-state index is -0.893. The molecule has 0 atom stereocenters. The number of ether oxygens (including phenoxy) is 1. The summed E-state index contributed by atoms with van der Waals surface area (Å²) in [5.74, 6) is -2.04. The number of benzene rings is 2. The van der Waals surface area contributed by atoms with Crippen molar-refractivity contribution in [3.63, 3.8) is 0 Å². The SMILES string of the molecule is CCCCOc1cc(=NC(=O)c2cc(F)ccc2F)cnn1-c1ccccc1. The Hall–Kier alpha value is -3.35. The number of unbranched alkanes of at least 4 members (excludes halogenated alkanes) is 1. The lowest BCUT2D eigenvalue weighted by Gasteiger charge is -2.13. The van der Waals surface area contributed by atoms with E-state index in [1.807, 2.05) is 37.3 Å². The maximum atomic E-state index is 13.8. The van der Waals surface area contributed by atoms with Crippen LogP contribution in [0.4, 0.5) is 8.78 Å². The van der Waals surface area contributed by atoms with E-state index in [2.05, 4.69) is 10.1 Å². The highest BCUT2D eigenvalue weighted by atomic mass is 19.1. The summed E-state index contributed by atoms with van der Waals surface area (Å²) in [7, 11) is 0. The number of hydrogen-bond acceptors (Lipinski definition) is 3. The molecule has 0 fully saturated rings. The monoisotopic (exact) mass is 383 g/mol. The molecule has 3 aromatic rings. The fraction of sp³-hybridized carbons (Fsp3) is 0.190. The van der Waals surface area contributed by atoms with Crippen molar-refractivity contribution in [3.05, 3.63) is 83.3 Å².